The number of hydrogen-bond donors (Lipinski definition) is 1. The lowest BCUT2D eigenvalue weighted by Crippen LogP contribution is -2.01. The van der Waals surface area contributed by atoms with Gasteiger partial charge in [0.05, 0.1) is 16.6 Å². The minimum Gasteiger partial charge on any atom is -0.344 e. The molecule has 0 fully saturated rings. The summed E-state index contributed by atoms with van der Waals surface area (Å²) >= 11 is 0. The molecule has 134 valence electrons. The monoisotopic (exact) mass is 354 g/mol. The van der Waals surface area contributed by atoms with Crippen molar-refractivity contribution in [1.29, 1.82) is 5.26 Å². The summed E-state index contributed by atoms with van der Waals surface area (Å²) in [5.41, 5.74) is 5.76. The summed E-state index contributed by atoms with van der Waals surface area (Å²) in [5, 5.41) is 10.9. The van der Waals surface area contributed by atoms with Crippen LogP contribution < -0.4 is 0 Å². The number of hydrogen-bond acceptors (Lipinski definition) is 2. The zero-order valence-electron chi connectivity index (χ0n) is 15.8. The zero-order valence-corrected chi connectivity index (χ0v) is 15.8. The van der Waals surface area contributed by atoms with E-state index in [1.807, 2.05) is 31.2 Å². The van der Waals surface area contributed by atoms with Crippen molar-refractivity contribution in [3.8, 4) is 6.07 Å². The maximum absolute atomic E-state index is 9.77. The van der Waals surface area contributed by atoms with Crippen LogP contribution >= 0.6 is 0 Å². The van der Waals surface area contributed by atoms with Crippen LogP contribution in [0.4, 0.5) is 0 Å². The molecule has 1 atom stereocenters. The molecule has 0 aliphatic carbocycles. The van der Waals surface area contributed by atoms with Gasteiger partial charge in [-0.15, -0.1) is 0 Å². The van der Waals surface area contributed by atoms with Crippen molar-refractivity contribution < 1.29 is 0 Å². The van der Waals surface area contributed by atoms with E-state index in [1.165, 1.54) is 5.52 Å². The van der Waals surface area contributed by atoms with Crippen molar-refractivity contribution in [2.45, 2.75) is 33.2 Å². The predicted molar refractivity (Wildman–Crippen MR) is 111 cm³/mol. The molecule has 4 aromatic rings. The molecule has 0 saturated carbocycles. The van der Waals surface area contributed by atoms with Crippen molar-refractivity contribution in [1.82, 2.24) is 14.5 Å². The first-order valence-corrected chi connectivity index (χ1v) is 9.28. The van der Waals surface area contributed by atoms with Gasteiger partial charge in [0.1, 0.15) is 11.9 Å². The average Bonchev–Trinajstić information content (AvgIpc) is 3.26. The summed E-state index contributed by atoms with van der Waals surface area (Å²) in [4.78, 5) is 7.89. The van der Waals surface area contributed by atoms with Crippen LogP contribution in [0.2, 0.25) is 0 Å². The molecular formula is C23H22N4. The van der Waals surface area contributed by atoms with E-state index in [0.29, 0.717) is 17.4 Å². The number of nitrogens with zero attached hydrogens (tertiary/aromatic N) is 3. The Morgan fingerprint density at radius 3 is 2.89 bits per heavy atom. The summed E-state index contributed by atoms with van der Waals surface area (Å²) in [6.07, 6.45) is 5.13. The Labute approximate surface area is 158 Å². The summed E-state index contributed by atoms with van der Waals surface area (Å²) in [6, 6.07) is 17.1. The number of rotatable bonds is 4. The van der Waals surface area contributed by atoms with Gasteiger partial charge >= 0.3 is 0 Å². The fraction of sp³-hybridized carbons (Fsp3) is 0.217. The molecule has 0 spiro atoms. The molecule has 0 bridgehead atoms. The second-order valence-electron chi connectivity index (χ2n) is 7.04. The van der Waals surface area contributed by atoms with Crippen LogP contribution in [-0.4, -0.2) is 14.5 Å². The zero-order chi connectivity index (χ0) is 19.0. The number of aryl methyl sites for hydroxylation is 1. The molecule has 0 saturated heterocycles. The highest BCUT2D eigenvalue weighted by molar-refractivity contribution is 5.98. The fourth-order valence-electron chi connectivity index (χ4n) is 3.47. The van der Waals surface area contributed by atoms with Crippen LogP contribution in [0, 0.1) is 18.3 Å². The first-order valence-electron chi connectivity index (χ1n) is 9.28. The maximum atomic E-state index is 9.77. The molecule has 1 N–H and O–H groups in total. The van der Waals surface area contributed by atoms with Gasteiger partial charge in [-0.25, -0.2) is 4.98 Å². The molecule has 2 heterocycles. The second-order valence-corrected chi connectivity index (χ2v) is 7.04. The van der Waals surface area contributed by atoms with Gasteiger partial charge in [0.25, 0.3) is 0 Å². The normalized spacial score (nSPS) is 13.2. The van der Waals surface area contributed by atoms with Crippen molar-refractivity contribution >= 4 is 33.6 Å². The molecule has 4 nitrogen and oxygen atoms in total. The molecule has 4 heteroatoms. The quantitative estimate of drug-likeness (QED) is 0.467. The summed E-state index contributed by atoms with van der Waals surface area (Å²) in [5.74, 6) is 0.610. The third-order valence-electron chi connectivity index (χ3n) is 5.15. The molecule has 27 heavy (non-hydrogen) atoms. The second kappa shape index (κ2) is 6.77. The van der Waals surface area contributed by atoms with Crippen molar-refractivity contribution in [3.63, 3.8) is 0 Å². The highest BCUT2D eigenvalue weighted by Crippen LogP contribution is 2.29. The van der Waals surface area contributed by atoms with Crippen molar-refractivity contribution in [2.24, 2.45) is 0 Å². The lowest BCUT2D eigenvalue weighted by molar-refractivity contribution is 0.548. The van der Waals surface area contributed by atoms with Gasteiger partial charge in [0.2, 0.25) is 0 Å². The van der Waals surface area contributed by atoms with Gasteiger partial charge < -0.3 is 9.55 Å². The Kier molecular flexibility index (Phi) is 4.29. The van der Waals surface area contributed by atoms with Gasteiger partial charge in [-0.05, 0) is 50.1 Å². The topological polar surface area (TPSA) is 57.4 Å². The minimum absolute atomic E-state index is 0.400. The van der Waals surface area contributed by atoms with E-state index in [9.17, 15) is 5.26 Å². The van der Waals surface area contributed by atoms with E-state index in [0.717, 1.165) is 34.0 Å². The van der Waals surface area contributed by atoms with E-state index in [-0.39, 0.29) is 0 Å². The number of aromatic nitrogens is 3. The number of benzene rings is 2. The number of nitrogens with one attached hydrogen (secondary N) is 1. The number of para-hydroxylation sites is 1. The Morgan fingerprint density at radius 1 is 1.30 bits per heavy atom. The first kappa shape index (κ1) is 17.1. The number of allylic oxidation sites excluding steroid dienone is 1. The SMILES string of the molecule is CCC(C)n1cc(C=C(C#N)c2nc3ccc(C)cc3[nH]2)c2ccccc21. The standard InChI is InChI=1S/C23H22N4/c1-4-16(3)27-14-18(19-7-5-6-8-22(19)27)12-17(13-24)23-25-20-10-9-15(2)11-21(20)26-23/h5-12,14,16H,4H2,1-3H3,(H,25,26). The Bertz CT molecular complexity index is 1200. The van der Waals surface area contributed by atoms with Gasteiger partial charge in [0.15, 0.2) is 0 Å². The van der Waals surface area contributed by atoms with E-state index in [2.05, 4.69) is 64.9 Å². The molecular weight excluding hydrogens is 332 g/mol. The number of H-pyrrole nitrogens is 1. The molecule has 4 rings (SSSR count). The first-order chi connectivity index (χ1) is 13.1. The Balaban J connectivity index is 1.86. The Morgan fingerprint density at radius 2 is 2.11 bits per heavy atom. The smallest absolute Gasteiger partial charge is 0.149 e. The predicted octanol–water partition coefficient (Wildman–Crippen LogP) is 5.86. The highest BCUT2D eigenvalue weighted by atomic mass is 15.0. The number of nitriles is 1. The van der Waals surface area contributed by atoms with Crippen LogP contribution in [0.3, 0.4) is 0 Å². The van der Waals surface area contributed by atoms with Gasteiger partial charge in [-0.2, -0.15) is 5.26 Å². The van der Waals surface area contributed by atoms with Crippen LogP contribution in [0.5, 0.6) is 0 Å². The summed E-state index contributed by atoms with van der Waals surface area (Å²) in [6.45, 7) is 6.45. The van der Waals surface area contributed by atoms with Crippen LogP contribution in [-0.2, 0) is 0 Å². The number of aromatic amines is 1. The number of imidazole rings is 1. The molecule has 2 aromatic heterocycles. The largest absolute Gasteiger partial charge is 0.344 e. The van der Waals surface area contributed by atoms with E-state index < -0.39 is 0 Å². The fourth-order valence-corrected chi connectivity index (χ4v) is 3.47. The van der Waals surface area contributed by atoms with Crippen molar-refractivity contribution in [3.05, 3.63) is 65.6 Å². The van der Waals surface area contributed by atoms with E-state index in [1.54, 1.807) is 0 Å². The molecule has 0 radical (unpaired) electrons. The Hall–Kier alpha value is -3.32. The van der Waals surface area contributed by atoms with E-state index in [4.69, 9.17) is 0 Å². The lowest BCUT2D eigenvalue weighted by Gasteiger charge is -2.12. The third-order valence-corrected chi connectivity index (χ3v) is 5.15. The lowest BCUT2D eigenvalue weighted by atomic mass is 10.1. The summed E-state index contributed by atoms with van der Waals surface area (Å²) in [7, 11) is 0. The van der Waals surface area contributed by atoms with Gasteiger partial charge in [0, 0.05) is 28.7 Å². The maximum Gasteiger partial charge on any atom is 0.149 e. The molecule has 2 aromatic carbocycles. The third kappa shape index (κ3) is 3.02. The van der Waals surface area contributed by atoms with Crippen LogP contribution in [0.15, 0.2) is 48.7 Å². The minimum atomic E-state index is 0.400. The highest BCUT2D eigenvalue weighted by Gasteiger charge is 2.13. The molecule has 0 aliphatic rings. The van der Waals surface area contributed by atoms with Crippen LogP contribution in [0.25, 0.3) is 33.6 Å². The average molecular weight is 354 g/mol. The summed E-state index contributed by atoms with van der Waals surface area (Å²) < 4.78 is 2.29. The number of fused-ring (bicyclic) bond motifs is 2. The van der Waals surface area contributed by atoms with Gasteiger partial charge in [-0.1, -0.05) is 31.2 Å². The molecule has 0 aliphatic heterocycles. The molecule has 0 amide bonds. The van der Waals surface area contributed by atoms with E-state index >= 15 is 0 Å². The van der Waals surface area contributed by atoms with Crippen LogP contribution in [0.1, 0.15) is 43.3 Å². The van der Waals surface area contributed by atoms with Gasteiger partial charge in [-0.3, -0.25) is 0 Å². The molecule has 1 unspecified atom stereocenters. The van der Waals surface area contributed by atoms with Crippen molar-refractivity contribution in [2.75, 3.05) is 0 Å².